The normalized spacial score (nSPS) is 16.5. The smallest absolute Gasteiger partial charge is 0.238 e. The van der Waals surface area contributed by atoms with Crippen LogP contribution in [0, 0.1) is 0 Å². The molecule has 22 heavy (non-hydrogen) atoms. The lowest BCUT2D eigenvalue weighted by Crippen LogP contribution is -2.49. The number of hydrogen-bond acceptors (Lipinski definition) is 6. The van der Waals surface area contributed by atoms with Gasteiger partial charge in [-0.25, -0.2) is 0 Å². The monoisotopic (exact) mass is 308 g/mol. The van der Waals surface area contributed by atoms with E-state index in [2.05, 4.69) is 15.1 Å². The maximum absolute atomic E-state index is 12.1. The first kappa shape index (κ1) is 16.5. The molecule has 1 aliphatic heterocycles. The standard InChI is InChI=1S/C15H24N4O3/c1-22-14-10-12(16)2-3-13(14)17-15(21)11-19-6-4-18(5-7-19)8-9-20/h2-3,10,20H,4-9,11,16H2,1H3,(H,17,21). The summed E-state index contributed by atoms with van der Waals surface area (Å²) in [7, 11) is 1.55. The van der Waals surface area contributed by atoms with Gasteiger partial charge in [-0.15, -0.1) is 0 Å². The molecule has 2 rings (SSSR count). The van der Waals surface area contributed by atoms with Crippen LogP contribution in [0.15, 0.2) is 18.2 Å². The van der Waals surface area contributed by atoms with Gasteiger partial charge in [-0.1, -0.05) is 0 Å². The molecule has 1 heterocycles. The molecule has 1 amide bonds. The van der Waals surface area contributed by atoms with Crippen LogP contribution in [0.5, 0.6) is 5.75 Å². The number of hydrogen-bond donors (Lipinski definition) is 3. The molecule has 122 valence electrons. The van der Waals surface area contributed by atoms with Crippen molar-refractivity contribution in [2.24, 2.45) is 0 Å². The van der Waals surface area contributed by atoms with E-state index < -0.39 is 0 Å². The van der Waals surface area contributed by atoms with Crippen molar-refractivity contribution in [3.05, 3.63) is 18.2 Å². The number of aliphatic hydroxyl groups is 1. The van der Waals surface area contributed by atoms with Crippen LogP contribution in [0.3, 0.4) is 0 Å². The number of benzene rings is 1. The van der Waals surface area contributed by atoms with Crippen LogP contribution in [-0.4, -0.2) is 73.8 Å². The molecule has 0 aliphatic carbocycles. The number of carbonyl (C=O) groups is 1. The van der Waals surface area contributed by atoms with Gasteiger partial charge in [-0.3, -0.25) is 14.6 Å². The van der Waals surface area contributed by atoms with E-state index in [0.717, 1.165) is 26.2 Å². The predicted molar refractivity (Wildman–Crippen MR) is 86.0 cm³/mol. The van der Waals surface area contributed by atoms with Crippen molar-refractivity contribution in [3.8, 4) is 5.75 Å². The van der Waals surface area contributed by atoms with Gasteiger partial charge in [0.15, 0.2) is 0 Å². The van der Waals surface area contributed by atoms with Gasteiger partial charge in [0.1, 0.15) is 5.75 Å². The van der Waals surface area contributed by atoms with Crippen molar-refractivity contribution in [3.63, 3.8) is 0 Å². The first-order valence-corrected chi connectivity index (χ1v) is 7.41. The number of nitrogens with one attached hydrogen (secondary N) is 1. The molecule has 7 nitrogen and oxygen atoms in total. The minimum Gasteiger partial charge on any atom is -0.494 e. The molecule has 1 saturated heterocycles. The number of nitrogen functional groups attached to an aromatic ring is 1. The molecule has 0 unspecified atom stereocenters. The summed E-state index contributed by atoms with van der Waals surface area (Å²) in [6.07, 6.45) is 0. The average molecular weight is 308 g/mol. The van der Waals surface area contributed by atoms with Crippen LogP contribution >= 0.6 is 0 Å². The number of anilines is 2. The fraction of sp³-hybridized carbons (Fsp3) is 0.533. The highest BCUT2D eigenvalue weighted by Gasteiger charge is 2.19. The van der Waals surface area contributed by atoms with E-state index in [9.17, 15) is 4.79 Å². The largest absolute Gasteiger partial charge is 0.494 e. The maximum atomic E-state index is 12.1. The number of rotatable bonds is 6. The molecule has 4 N–H and O–H groups in total. The second kappa shape index (κ2) is 7.98. The maximum Gasteiger partial charge on any atom is 0.238 e. The van der Waals surface area contributed by atoms with Gasteiger partial charge in [0.2, 0.25) is 5.91 Å². The Balaban J connectivity index is 1.84. The number of amides is 1. The lowest BCUT2D eigenvalue weighted by molar-refractivity contribution is -0.117. The highest BCUT2D eigenvalue weighted by Crippen LogP contribution is 2.26. The van der Waals surface area contributed by atoms with Gasteiger partial charge in [0.25, 0.3) is 0 Å². The summed E-state index contributed by atoms with van der Waals surface area (Å²) >= 11 is 0. The van der Waals surface area contributed by atoms with Crippen LogP contribution in [0.2, 0.25) is 0 Å². The number of ether oxygens (including phenoxy) is 1. The number of methoxy groups -OCH3 is 1. The molecule has 1 aromatic rings. The Morgan fingerprint density at radius 2 is 2.00 bits per heavy atom. The van der Waals surface area contributed by atoms with Crippen LogP contribution in [0.25, 0.3) is 0 Å². The van der Waals surface area contributed by atoms with Gasteiger partial charge in [0, 0.05) is 44.5 Å². The van der Waals surface area contributed by atoms with E-state index in [-0.39, 0.29) is 12.5 Å². The highest BCUT2D eigenvalue weighted by atomic mass is 16.5. The zero-order valence-corrected chi connectivity index (χ0v) is 12.9. The third-order valence-corrected chi connectivity index (χ3v) is 3.75. The van der Waals surface area contributed by atoms with Crippen molar-refractivity contribution in [2.45, 2.75) is 0 Å². The third kappa shape index (κ3) is 4.59. The molecule has 1 fully saturated rings. The number of nitrogens with two attached hydrogens (primary N) is 1. The summed E-state index contributed by atoms with van der Waals surface area (Å²) in [5, 5.41) is 11.8. The van der Waals surface area contributed by atoms with E-state index in [0.29, 0.717) is 30.2 Å². The van der Waals surface area contributed by atoms with E-state index >= 15 is 0 Å². The molecule has 0 atom stereocenters. The topological polar surface area (TPSA) is 91.1 Å². The first-order valence-electron chi connectivity index (χ1n) is 7.41. The van der Waals surface area contributed by atoms with Crippen molar-refractivity contribution in [1.82, 2.24) is 9.80 Å². The lowest BCUT2D eigenvalue weighted by Gasteiger charge is -2.33. The van der Waals surface area contributed by atoms with Crippen LogP contribution in [-0.2, 0) is 4.79 Å². The molecule has 0 spiro atoms. The molecule has 0 saturated carbocycles. The van der Waals surface area contributed by atoms with Gasteiger partial charge < -0.3 is 20.9 Å². The number of nitrogens with zero attached hydrogens (tertiary/aromatic N) is 2. The van der Waals surface area contributed by atoms with E-state index in [1.54, 1.807) is 25.3 Å². The van der Waals surface area contributed by atoms with E-state index in [1.165, 1.54) is 0 Å². The van der Waals surface area contributed by atoms with Gasteiger partial charge >= 0.3 is 0 Å². The predicted octanol–water partition coefficient (Wildman–Crippen LogP) is -0.174. The Hall–Kier alpha value is -1.83. The number of piperazine rings is 1. The summed E-state index contributed by atoms with van der Waals surface area (Å²) in [4.78, 5) is 16.4. The third-order valence-electron chi connectivity index (χ3n) is 3.75. The Morgan fingerprint density at radius 3 is 2.64 bits per heavy atom. The second-order valence-corrected chi connectivity index (χ2v) is 5.35. The van der Waals surface area contributed by atoms with Gasteiger partial charge in [-0.05, 0) is 12.1 Å². The lowest BCUT2D eigenvalue weighted by atomic mass is 10.2. The van der Waals surface area contributed by atoms with Crippen LogP contribution in [0.4, 0.5) is 11.4 Å². The van der Waals surface area contributed by atoms with Crippen LogP contribution in [0.1, 0.15) is 0 Å². The fourth-order valence-electron chi connectivity index (χ4n) is 2.52. The molecule has 1 aliphatic rings. The zero-order valence-electron chi connectivity index (χ0n) is 12.9. The quantitative estimate of drug-likeness (QED) is 0.632. The molecular formula is C15H24N4O3. The molecule has 1 aromatic carbocycles. The Morgan fingerprint density at radius 1 is 1.32 bits per heavy atom. The zero-order chi connectivity index (χ0) is 15.9. The molecular weight excluding hydrogens is 284 g/mol. The van der Waals surface area contributed by atoms with Gasteiger partial charge in [0.05, 0.1) is 25.9 Å². The molecule has 0 bridgehead atoms. The highest BCUT2D eigenvalue weighted by molar-refractivity contribution is 5.94. The van der Waals surface area contributed by atoms with E-state index in [4.69, 9.17) is 15.6 Å². The summed E-state index contributed by atoms with van der Waals surface area (Å²) in [6.45, 7) is 4.62. The second-order valence-electron chi connectivity index (χ2n) is 5.35. The van der Waals surface area contributed by atoms with Crippen molar-refractivity contribution in [1.29, 1.82) is 0 Å². The molecule has 7 heteroatoms. The summed E-state index contributed by atoms with van der Waals surface area (Å²) < 4.78 is 5.22. The fourth-order valence-corrected chi connectivity index (χ4v) is 2.52. The Bertz CT molecular complexity index is 502. The minimum absolute atomic E-state index is 0.0707. The van der Waals surface area contributed by atoms with Crippen molar-refractivity contribution in [2.75, 3.05) is 64.0 Å². The van der Waals surface area contributed by atoms with Gasteiger partial charge in [-0.2, -0.15) is 0 Å². The number of aliphatic hydroxyl groups excluding tert-OH is 1. The minimum atomic E-state index is -0.0707. The average Bonchev–Trinajstić information content (AvgIpc) is 2.51. The Kier molecular flexibility index (Phi) is 6.00. The van der Waals surface area contributed by atoms with Crippen molar-refractivity contribution < 1.29 is 14.6 Å². The summed E-state index contributed by atoms with van der Waals surface area (Å²) in [6, 6.07) is 5.15. The number of carbonyl (C=O) groups excluding carboxylic acids is 1. The summed E-state index contributed by atoms with van der Waals surface area (Å²) in [5.74, 6) is 0.486. The van der Waals surface area contributed by atoms with Crippen molar-refractivity contribution >= 4 is 17.3 Å². The Labute approximate surface area is 130 Å². The molecule has 0 radical (unpaired) electrons. The first-order chi connectivity index (χ1) is 10.6. The van der Waals surface area contributed by atoms with Crippen LogP contribution < -0.4 is 15.8 Å². The molecule has 0 aromatic heterocycles. The number of β-amino-alcohol motifs (C(OH)–C–C–N with tert-alkyl or cyclic N) is 1. The SMILES string of the molecule is COc1cc(N)ccc1NC(=O)CN1CCN(CCO)CC1. The van der Waals surface area contributed by atoms with E-state index in [1.807, 2.05) is 0 Å². The summed E-state index contributed by atoms with van der Waals surface area (Å²) in [5.41, 5.74) is 6.92.